The molecule has 8 nitrogen and oxygen atoms in total. The van der Waals surface area contributed by atoms with E-state index in [1.807, 2.05) is 0 Å². The number of nitro groups is 1. The van der Waals surface area contributed by atoms with Gasteiger partial charge in [-0.2, -0.15) is 18.3 Å². The second-order valence-corrected chi connectivity index (χ2v) is 7.28. The minimum Gasteiger partial charge on any atom is -0.379 e. The van der Waals surface area contributed by atoms with Crippen LogP contribution in [0.15, 0.2) is 42.6 Å². The van der Waals surface area contributed by atoms with Crippen LogP contribution in [0, 0.1) is 28.7 Å². The van der Waals surface area contributed by atoms with Gasteiger partial charge in [0.1, 0.15) is 23.1 Å². The zero-order valence-corrected chi connectivity index (χ0v) is 17.6. The average Bonchev–Trinajstić information content (AvgIpc) is 3.09. The SMILES string of the molecule is Cc1cnn(Cc2cc(F)ccc2F)c1NC(=O)CCNc1ccc(C(F)(F)F)cc1[N+](=O)[O-]. The highest BCUT2D eigenvalue weighted by atomic mass is 19.4. The van der Waals surface area contributed by atoms with Crippen molar-refractivity contribution in [2.45, 2.75) is 26.1 Å². The summed E-state index contributed by atoms with van der Waals surface area (Å²) in [5.41, 5.74) is -1.54. The van der Waals surface area contributed by atoms with Crippen molar-refractivity contribution in [1.82, 2.24) is 9.78 Å². The number of hydrogen-bond donors (Lipinski definition) is 2. The monoisotopic (exact) mass is 483 g/mol. The number of aryl methyl sites for hydroxylation is 1. The fraction of sp³-hybridized carbons (Fsp3) is 0.238. The largest absolute Gasteiger partial charge is 0.416 e. The van der Waals surface area contributed by atoms with Crippen molar-refractivity contribution in [1.29, 1.82) is 0 Å². The molecule has 1 amide bonds. The van der Waals surface area contributed by atoms with E-state index in [2.05, 4.69) is 15.7 Å². The van der Waals surface area contributed by atoms with Gasteiger partial charge in [0.2, 0.25) is 5.91 Å². The molecule has 3 rings (SSSR count). The van der Waals surface area contributed by atoms with E-state index in [4.69, 9.17) is 0 Å². The maximum atomic E-state index is 14.0. The highest BCUT2D eigenvalue weighted by Crippen LogP contribution is 2.35. The number of nitrogens with zero attached hydrogens (tertiary/aromatic N) is 3. The number of carbonyl (C=O) groups is 1. The number of carbonyl (C=O) groups excluding carboxylic acids is 1. The molecule has 1 heterocycles. The molecule has 0 aliphatic carbocycles. The first-order valence-electron chi connectivity index (χ1n) is 9.81. The van der Waals surface area contributed by atoms with Crippen molar-refractivity contribution in [2.75, 3.05) is 17.2 Å². The van der Waals surface area contributed by atoms with E-state index in [9.17, 15) is 36.9 Å². The van der Waals surface area contributed by atoms with Crippen LogP contribution < -0.4 is 10.6 Å². The Morgan fingerprint density at radius 3 is 2.59 bits per heavy atom. The van der Waals surface area contributed by atoms with E-state index >= 15 is 0 Å². The van der Waals surface area contributed by atoms with Gasteiger partial charge < -0.3 is 10.6 Å². The summed E-state index contributed by atoms with van der Waals surface area (Å²) in [6.45, 7) is 1.37. The van der Waals surface area contributed by atoms with Gasteiger partial charge in [-0.1, -0.05) is 0 Å². The Morgan fingerprint density at radius 2 is 1.91 bits per heavy atom. The van der Waals surface area contributed by atoms with E-state index in [-0.39, 0.29) is 36.6 Å². The van der Waals surface area contributed by atoms with Crippen LogP contribution in [0.3, 0.4) is 0 Å². The van der Waals surface area contributed by atoms with Gasteiger partial charge >= 0.3 is 6.18 Å². The van der Waals surface area contributed by atoms with Gasteiger partial charge in [0.15, 0.2) is 0 Å². The Bertz CT molecular complexity index is 1230. The summed E-state index contributed by atoms with van der Waals surface area (Å²) in [6.07, 6.45) is -3.51. The van der Waals surface area contributed by atoms with Gasteiger partial charge in [-0.3, -0.25) is 14.9 Å². The molecule has 0 unspecified atom stereocenters. The van der Waals surface area contributed by atoms with Gasteiger partial charge in [-0.15, -0.1) is 0 Å². The number of halogens is 5. The third kappa shape index (κ3) is 5.85. The van der Waals surface area contributed by atoms with E-state index in [1.165, 1.54) is 10.9 Å². The van der Waals surface area contributed by atoms with Crippen molar-refractivity contribution >= 4 is 23.1 Å². The number of benzene rings is 2. The molecule has 0 fully saturated rings. The summed E-state index contributed by atoms with van der Waals surface area (Å²) in [5, 5.41) is 20.4. The predicted molar refractivity (Wildman–Crippen MR) is 112 cm³/mol. The minimum atomic E-state index is -4.74. The van der Waals surface area contributed by atoms with Crippen LogP contribution >= 0.6 is 0 Å². The highest BCUT2D eigenvalue weighted by Gasteiger charge is 2.33. The van der Waals surface area contributed by atoms with Crippen LogP contribution in [0.5, 0.6) is 0 Å². The Hall–Kier alpha value is -4.03. The van der Waals surface area contributed by atoms with Gasteiger partial charge in [0.25, 0.3) is 5.69 Å². The van der Waals surface area contributed by atoms with Crippen LogP contribution in [-0.4, -0.2) is 27.2 Å². The highest BCUT2D eigenvalue weighted by molar-refractivity contribution is 5.90. The lowest BCUT2D eigenvalue weighted by atomic mass is 10.1. The normalized spacial score (nSPS) is 11.4. The van der Waals surface area contributed by atoms with Gasteiger partial charge in [0.05, 0.1) is 23.2 Å². The fourth-order valence-corrected chi connectivity index (χ4v) is 3.10. The van der Waals surface area contributed by atoms with Crippen molar-refractivity contribution < 1.29 is 31.7 Å². The van der Waals surface area contributed by atoms with Crippen molar-refractivity contribution in [2.24, 2.45) is 0 Å². The zero-order valence-electron chi connectivity index (χ0n) is 17.6. The number of nitrogens with one attached hydrogen (secondary N) is 2. The number of anilines is 2. The number of nitro benzene ring substituents is 1. The molecule has 2 N–H and O–H groups in total. The second-order valence-electron chi connectivity index (χ2n) is 7.28. The molecule has 2 aromatic carbocycles. The molecule has 3 aromatic rings. The molecule has 0 saturated carbocycles. The molecule has 13 heteroatoms. The van der Waals surface area contributed by atoms with Crippen LogP contribution in [0.25, 0.3) is 0 Å². The fourth-order valence-electron chi connectivity index (χ4n) is 3.10. The Labute approximate surface area is 189 Å². The quantitative estimate of drug-likeness (QED) is 0.270. The first-order chi connectivity index (χ1) is 16.0. The summed E-state index contributed by atoms with van der Waals surface area (Å²) in [6, 6.07) is 5.00. The Morgan fingerprint density at radius 1 is 1.18 bits per heavy atom. The van der Waals surface area contributed by atoms with Crippen LogP contribution in [0.2, 0.25) is 0 Å². The third-order valence-corrected chi connectivity index (χ3v) is 4.80. The van der Waals surface area contributed by atoms with Crippen molar-refractivity contribution in [3.8, 4) is 0 Å². The van der Waals surface area contributed by atoms with E-state index in [1.54, 1.807) is 6.92 Å². The maximum Gasteiger partial charge on any atom is 0.416 e. The molecule has 0 saturated heterocycles. The number of hydrogen-bond acceptors (Lipinski definition) is 5. The summed E-state index contributed by atoms with van der Waals surface area (Å²) >= 11 is 0. The maximum absolute atomic E-state index is 14.0. The Kier molecular flexibility index (Phi) is 7.13. The van der Waals surface area contributed by atoms with Gasteiger partial charge in [-0.05, 0) is 37.3 Å². The molecule has 0 spiro atoms. The summed E-state index contributed by atoms with van der Waals surface area (Å²) in [5.74, 6) is -1.57. The lowest BCUT2D eigenvalue weighted by Gasteiger charge is -2.12. The molecule has 34 heavy (non-hydrogen) atoms. The summed E-state index contributed by atoms with van der Waals surface area (Å²) in [4.78, 5) is 22.6. The van der Waals surface area contributed by atoms with Crippen molar-refractivity contribution in [3.63, 3.8) is 0 Å². The molecule has 0 bridgehead atoms. The average molecular weight is 483 g/mol. The topological polar surface area (TPSA) is 102 Å². The molecule has 1 aromatic heterocycles. The van der Waals surface area contributed by atoms with E-state index in [0.29, 0.717) is 17.7 Å². The number of aromatic nitrogens is 2. The number of amides is 1. The molecular weight excluding hydrogens is 465 g/mol. The number of rotatable bonds is 8. The molecule has 0 aliphatic heterocycles. The summed E-state index contributed by atoms with van der Waals surface area (Å²) in [7, 11) is 0. The second kappa shape index (κ2) is 9.85. The molecule has 0 radical (unpaired) electrons. The van der Waals surface area contributed by atoms with E-state index < -0.39 is 39.9 Å². The van der Waals surface area contributed by atoms with Gasteiger partial charge in [0, 0.05) is 30.2 Å². The van der Waals surface area contributed by atoms with Crippen LogP contribution in [0.1, 0.15) is 23.1 Å². The van der Waals surface area contributed by atoms with E-state index in [0.717, 1.165) is 24.3 Å². The van der Waals surface area contributed by atoms with Crippen molar-refractivity contribution in [3.05, 3.63) is 81.0 Å². The number of alkyl halides is 3. The zero-order chi connectivity index (χ0) is 25.0. The van der Waals surface area contributed by atoms with Crippen LogP contribution in [0.4, 0.5) is 39.1 Å². The predicted octanol–water partition coefficient (Wildman–Crippen LogP) is 4.89. The smallest absolute Gasteiger partial charge is 0.379 e. The first kappa shape index (κ1) is 24.6. The lowest BCUT2D eigenvalue weighted by Crippen LogP contribution is -2.20. The molecule has 180 valence electrons. The molecule has 0 aliphatic rings. The third-order valence-electron chi connectivity index (χ3n) is 4.80. The lowest BCUT2D eigenvalue weighted by molar-refractivity contribution is -0.384. The van der Waals surface area contributed by atoms with Gasteiger partial charge in [-0.25, -0.2) is 13.5 Å². The van der Waals surface area contributed by atoms with Crippen LogP contribution in [-0.2, 0) is 17.5 Å². The summed E-state index contributed by atoms with van der Waals surface area (Å²) < 4.78 is 67.1. The first-order valence-corrected chi connectivity index (χ1v) is 9.81. The standard InChI is InChI=1S/C21H18F5N5O3/c1-12-10-28-30(11-13-8-15(22)3-4-16(13)23)20(12)29-19(32)6-7-27-17-5-2-14(21(24,25)26)9-18(17)31(33)34/h2-5,8-10,27H,6-7,11H2,1H3,(H,29,32). The minimum absolute atomic E-state index is 0.0230. The molecular formula is C21H18F5N5O3. The molecule has 0 atom stereocenters. The Balaban J connectivity index is 1.65.